The lowest BCUT2D eigenvalue weighted by Gasteiger charge is -2.36. The first-order chi connectivity index (χ1) is 53.8. The molecule has 0 nitrogen and oxygen atoms in total. The van der Waals surface area contributed by atoms with Crippen molar-refractivity contribution in [3.05, 3.63) is 252 Å². The van der Waals surface area contributed by atoms with Crippen molar-refractivity contribution in [2.75, 3.05) is 0 Å². The highest BCUT2D eigenvalue weighted by molar-refractivity contribution is 7.19. The van der Waals surface area contributed by atoms with E-state index in [1.54, 1.807) is 16.3 Å². The van der Waals surface area contributed by atoms with Crippen molar-refractivity contribution in [3.8, 4) is 0 Å². The largest absolute Gasteiger partial charge is 0.248 e. The SMILES string of the molecule is CCC(CC)(CC)c1cc(C(C)(C)C)c(C)c2ccccc12.Cc1c(C(C)(C)C)cc(C2CCC(C)(C)CC2)c2ccccc12.Cc1c(C(C)(C)C)cc(C2CCC(F)(F)CC2)c2ccccc12.Cc1c(C(C)(C)C)cc([Si](C)(C)C)c2ccccc12.Cc1c(C(C)(C)C)sc2ccccc12.Cc1cc(C(C)(C)C)cc(C(C)(C)C)c1C. The van der Waals surface area contributed by atoms with Crippen molar-refractivity contribution in [2.24, 2.45) is 5.41 Å². The van der Waals surface area contributed by atoms with Crippen molar-refractivity contribution in [3.63, 3.8) is 0 Å². The van der Waals surface area contributed by atoms with Gasteiger partial charge in [-0.3, -0.25) is 0 Å². The van der Waals surface area contributed by atoms with E-state index in [4.69, 9.17) is 0 Å². The predicted molar refractivity (Wildman–Crippen MR) is 525 cm³/mol. The van der Waals surface area contributed by atoms with Crippen molar-refractivity contribution in [2.45, 2.75) is 380 Å². The summed E-state index contributed by atoms with van der Waals surface area (Å²) in [6, 6.07) is 58.6. The second-order valence-electron chi connectivity index (χ2n) is 44.6. The van der Waals surface area contributed by atoms with E-state index in [0.717, 1.165) is 5.92 Å². The third-order valence-corrected chi connectivity index (χ3v) is 30.5. The summed E-state index contributed by atoms with van der Waals surface area (Å²) in [7, 11) is -1.33. The number of halogens is 2. The Kier molecular flexibility index (Phi) is 29.9. The molecule has 0 bridgehead atoms. The first-order valence-corrected chi connectivity index (χ1v) is 49.3. The molecular formula is C113H158F2SSi. The lowest BCUT2D eigenvalue weighted by atomic mass is 9.69. The van der Waals surface area contributed by atoms with E-state index in [1.165, 1.54) is 181 Å². The zero-order valence-electron chi connectivity index (χ0n) is 80.6. The molecule has 1 aromatic heterocycles. The molecule has 634 valence electrons. The zero-order chi connectivity index (χ0) is 87.7. The maximum Gasteiger partial charge on any atom is 0.248 e. The number of fused-ring (bicyclic) bond motifs is 5. The molecule has 2 aliphatic carbocycles. The minimum atomic E-state index is -2.47. The molecule has 0 N–H and O–H groups in total. The Hall–Kier alpha value is -6.72. The highest BCUT2D eigenvalue weighted by atomic mass is 32.1. The van der Waals surface area contributed by atoms with Gasteiger partial charge in [0.2, 0.25) is 5.92 Å². The van der Waals surface area contributed by atoms with Gasteiger partial charge >= 0.3 is 0 Å². The Morgan fingerprint density at radius 3 is 1.01 bits per heavy atom. The van der Waals surface area contributed by atoms with Crippen LogP contribution in [-0.2, 0) is 43.3 Å². The van der Waals surface area contributed by atoms with E-state index in [-0.39, 0.29) is 56.7 Å². The number of aryl methyl sites for hydroxylation is 6. The first kappa shape index (κ1) is 95.7. The molecule has 2 aliphatic rings. The number of alkyl halides is 2. The van der Waals surface area contributed by atoms with Crippen LogP contribution in [0.1, 0.15) is 356 Å². The van der Waals surface area contributed by atoms with Gasteiger partial charge in [-0.25, -0.2) is 8.78 Å². The van der Waals surface area contributed by atoms with Gasteiger partial charge in [0.25, 0.3) is 0 Å². The lowest BCUT2D eigenvalue weighted by Crippen LogP contribution is -2.39. The first-order valence-electron chi connectivity index (χ1n) is 44.9. The van der Waals surface area contributed by atoms with Crippen molar-refractivity contribution in [1.82, 2.24) is 0 Å². The fraction of sp³-hybridized carbons (Fsp3) is 0.522. The van der Waals surface area contributed by atoms with Gasteiger partial charge in [-0.05, 0) is 310 Å². The highest BCUT2D eigenvalue weighted by Crippen LogP contribution is 2.50. The minimum absolute atomic E-state index is 0.0186. The maximum absolute atomic E-state index is 13.5. The van der Waals surface area contributed by atoms with Crippen LogP contribution in [-0.4, -0.2) is 14.0 Å². The number of hydrogen-bond donors (Lipinski definition) is 0. The summed E-state index contributed by atoms with van der Waals surface area (Å²) >= 11 is 1.93. The molecule has 0 unspecified atom stereocenters. The monoisotopic (exact) mass is 1610 g/mol. The normalized spacial score (nSPS) is 15.3. The molecule has 1 heterocycles. The van der Waals surface area contributed by atoms with E-state index in [1.807, 2.05) is 11.3 Å². The molecule has 4 heteroatoms. The second-order valence-corrected chi connectivity index (χ2v) is 50.7. The smallest absolute Gasteiger partial charge is 0.207 e. The minimum Gasteiger partial charge on any atom is -0.207 e. The number of rotatable bonds is 7. The molecule has 10 aromatic carbocycles. The van der Waals surface area contributed by atoms with E-state index in [0.29, 0.717) is 23.7 Å². The fourth-order valence-corrected chi connectivity index (χ4v) is 22.2. The standard InChI is InChI=1S/C23H32.C22H32.C21H26F2.C18H26Si.C16H26.C13H16S/c1-16-18-9-7-8-10-19(18)20(15-21(16)22(2,3)4)17-11-13-23(5,6)14-12-17;1-8-22(9-2,10-3)20-15-19(21(5,6)7)16(4)17-13-11-12-14-18(17)20;1-14-16-7-5-6-8-17(16)18(13-19(14)20(2,3)4)15-9-11-21(22,23)12-10-15;1-13-14-10-8-9-11-15(14)17(19(5,6)7)12-16(13)18(2,3)4;1-11-9-13(15(3,4)5)10-14(12(11)2)16(6,7)8;1-9-10-7-5-6-8-11(10)14-12(9)13(2,3)4/h7-10,15,17H,11-14H2,1-6H3;11-15H,8-10H2,1-7H3;5-8,13,15H,9-12H2,1-4H3;8-12H,1-7H3;9-10H,1-8H3;5-8H,1-4H3. The summed E-state index contributed by atoms with van der Waals surface area (Å²) in [4.78, 5) is 1.51. The van der Waals surface area contributed by atoms with Gasteiger partial charge in [0.05, 0.1) is 8.07 Å². The van der Waals surface area contributed by atoms with Crippen LogP contribution in [0.3, 0.4) is 0 Å². The molecule has 0 spiro atoms. The van der Waals surface area contributed by atoms with Gasteiger partial charge < -0.3 is 0 Å². The fourth-order valence-electron chi connectivity index (χ4n) is 19.3. The summed E-state index contributed by atoms with van der Waals surface area (Å²) in [5.41, 5.74) is 25.5. The van der Waals surface area contributed by atoms with Gasteiger partial charge in [-0.2, -0.15) is 0 Å². The third kappa shape index (κ3) is 22.7. The molecule has 0 radical (unpaired) electrons. The van der Waals surface area contributed by atoms with E-state index >= 15 is 0 Å². The maximum atomic E-state index is 13.5. The van der Waals surface area contributed by atoms with Crippen LogP contribution in [0.5, 0.6) is 0 Å². The van der Waals surface area contributed by atoms with Crippen molar-refractivity contribution >= 4 is 77.8 Å². The van der Waals surface area contributed by atoms with Gasteiger partial charge in [-0.15, -0.1) is 11.3 Å². The third-order valence-electron chi connectivity index (χ3n) is 26.8. The van der Waals surface area contributed by atoms with Crippen LogP contribution in [0.25, 0.3) is 53.2 Å². The van der Waals surface area contributed by atoms with E-state index in [9.17, 15) is 8.78 Å². The molecule has 0 amide bonds. The van der Waals surface area contributed by atoms with E-state index in [2.05, 4.69) is 406 Å². The van der Waals surface area contributed by atoms with Gasteiger partial charge in [0.1, 0.15) is 0 Å². The lowest BCUT2D eigenvalue weighted by molar-refractivity contribution is -0.0381. The molecule has 0 atom stereocenters. The van der Waals surface area contributed by atoms with E-state index < -0.39 is 14.0 Å². The Balaban J connectivity index is 0.000000177. The Bertz CT molecular complexity index is 5080. The number of thiophene rings is 1. The topological polar surface area (TPSA) is 0 Å². The van der Waals surface area contributed by atoms with Crippen LogP contribution in [0.2, 0.25) is 19.6 Å². The number of benzene rings is 10. The summed E-state index contributed by atoms with van der Waals surface area (Å²) in [5, 5.41) is 14.3. The quantitative estimate of drug-likeness (QED) is 0.140. The van der Waals surface area contributed by atoms with Crippen LogP contribution in [0.4, 0.5) is 8.78 Å². The number of hydrogen-bond acceptors (Lipinski definition) is 1. The average Bonchev–Trinajstić information content (AvgIpc) is 0.963. The van der Waals surface area contributed by atoms with Gasteiger partial charge in [0.15, 0.2) is 0 Å². The van der Waals surface area contributed by atoms with Gasteiger partial charge in [-0.1, -0.05) is 357 Å². The van der Waals surface area contributed by atoms with Crippen LogP contribution < -0.4 is 5.19 Å². The summed E-state index contributed by atoms with van der Waals surface area (Å²) in [6.07, 6.45) is 10.2. The molecule has 2 saturated carbocycles. The van der Waals surface area contributed by atoms with Crippen LogP contribution in [0, 0.1) is 53.9 Å². The predicted octanol–water partition coefficient (Wildman–Crippen LogP) is 35.2. The Morgan fingerprint density at radius 1 is 0.333 bits per heavy atom. The molecule has 117 heavy (non-hydrogen) atoms. The Morgan fingerprint density at radius 2 is 0.650 bits per heavy atom. The van der Waals surface area contributed by atoms with Crippen LogP contribution >= 0.6 is 11.3 Å². The molecule has 0 aliphatic heterocycles. The zero-order valence-corrected chi connectivity index (χ0v) is 82.4. The molecule has 13 rings (SSSR count). The summed E-state index contributed by atoms with van der Waals surface area (Å²) < 4.78 is 28.5. The molecular weight excluding hydrogens is 1460 g/mol. The summed E-state index contributed by atoms with van der Waals surface area (Å²) in [6.45, 7) is 83.2. The summed E-state index contributed by atoms with van der Waals surface area (Å²) in [5.74, 6) is -1.49. The average molecular weight is 1610 g/mol. The molecule has 0 saturated heterocycles. The highest BCUT2D eigenvalue weighted by Gasteiger charge is 2.38. The Labute approximate surface area is 718 Å². The molecule has 11 aromatic rings. The molecule has 2 fully saturated rings. The second kappa shape index (κ2) is 36.5. The van der Waals surface area contributed by atoms with Crippen molar-refractivity contribution in [1.29, 1.82) is 0 Å². The van der Waals surface area contributed by atoms with Crippen molar-refractivity contribution < 1.29 is 8.78 Å². The van der Waals surface area contributed by atoms with Gasteiger partial charge in [0, 0.05) is 22.4 Å². The van der Waals surface area contributed by atoms with Crippen LogP contribution in [0.15, 0.2) is 158 Å².